The van der Waals surface area contributed by atoms with Gasteiger partial charge in [0.15, 0.2) is 11.6 Å². The second-order valence-corrected chi connectivity index (χ2v) is 3.84. The van der Waals surface area contributed by atoms with E-state index in [-0.39, 0.29) is 12.4 Å². The normalized spacial score (nSPS) is 10.4. The van der Waals surface area contributed by atoms with Crippen LogP contribution in [0.3, 0.4) is 0 Å². The average molecular weight is 242 g/mol. The summed E-state index contributed by atoms with van der Waals surface area (Å²) in [6, 6.07) is 2.81. The monoisotopic (exact) mass is 242 g/mol. The van der Waals surface area contributed by atoms with E-state index in [9.17, 15) is 4.39 Å². The van der Waals surface area contributed by atoms with Gasteiger partial charge >= 0.3 is 0 Å². The van der Waals surface area contributed by atoms with Gasteiger partial charge in [0.25, 0.3) is 0 Å². The van der Waals surface area contributed by atoms with Crippen LogP contribution in [0.25, 0.3) is 0 Å². The highest BCUT2D eigenvalue weighted by Gasteiger charge is 2.11. The molecule has 4 nitrogen and oxygen atoms in total. The lowest BCUT2D eigenvalue weighted by molar-refractivity contribution is 0.300. The van der Waals surface area contributed by atoms with E-state index in [4.69, 9.17) is 15.6 Å². The van der Waals surface area contributed by atoms with Crippen LogP contribution in [0, 0.1) is 5.82 Å². The summed E-state index contributed by atoms with van der Waals surface area (Å²) in [6.07, 6.45) is 0.811. The molecule has 0 amide bonds. The van der Waals surface area contributed by atoms with Crippen LogP contribution < -0.4 is 15.4 Å². The molecule has 0 unspecified atom stereocenters. The molecule has 0 bridgehead atoms. The zero-order valence-electron chi connectivity index (χ0n) is 10.2. The quantitative estimate of drug-likeness (QED) is 0.744. The lowest BCUT2D eigenvalue weighted by Crippen LogP contribution is -2.22. The average Bonchev–Trinajstić information content (AvgIpc) is 2.28. The van der Waals surface area contributed by atoms with Crippen LogP contribution in [-0.2, 0) is 0 Å². The van der Waals surface area contributed by atoms with Gasteiger partial charge in [0.2, 0.25) is 0 Å². The topological polar surface area (TPSA) is 58.7 Å². The molecule has 3 N–H and O–H groups in total. The fourth-order valence-corrected chi connectivity index (χ4v) is 1.48. The van der Waals surface area contributed by atoms with Gasteiger partial charge in [-0.15, -0.1) is 0 Å². The van der Waals surface area contributed by atoms with Crippen molar-refractivity contribution in [3.05, 3.63) is 17.9 Å². The molecule has 0 heterocycles. The molecule has 0 saturated heterocycles. The van der Waals surface area contributed by atoms with E-state index < -0.39 is 5.82 Å². The largest absolute Gasteiger partial charge is 0.490 e. The molecule has 0 aliphatic heterocycles. The van der Waals surface area contributed by atoms with Gasteiger partial charge in [0.1, 0.15) is 0 Å². The molecule has 0 atom stereocenters. The summed E-state index contributed by atoms with van der Waals surface area (Å²) < 4.78 is 18.8. The second-order valence-electron chi connectivity index (χ2n) is 3.84. The third kappa shape index (κ3) is 3.49. The summed E-state index contributed by atoms with van der Waals surface area (Å²) in [4.78, 5) is 1.76. The number of nitrogens with zero attached hydrogens (tertiary/aromatic N) is 1. The second kappa shape index (κ2) is 6.30. The highest BCUT2D eigenvalue weighted by molar-refractivity contribution is 5.69. The Kier molecular flexibility index (Phi) is 5.03. The van der Waals surface area contributed by atoms with Gasteiger partial charge in [-0.2, -0.15) is 0 Å². The van der Waals surface area contributed by atoms with Crippen LogP contribution in [0.4, 0.5) is 15.8 Å². The van der Waals surface area contributed by atoms with Crippen LogP contribution in [0.15, 0.2) is 12.1 Å². The molecule has 1 aromatic carbocycles. The van der Waals surface area contributed by atoms with E-state index in [2.05, 4.69) is 0 Å². The van der Waals surface area contributed by atoms with Gasteiger partial charge in [-0.3, -0.25) is 0 Å². The Labute approximate surface area is 101 Å². The molecular formula is C12H19FN2O2. The first-order valence-electron chi connectivity index (χ1n) is 5.64. The Balaban J connectivity index is 2.96. The molecule has 96 valence electrons. The lowest BCUT2D eigenvalue weighted by atomic mass is 10.2. The number of benzene rings is 1. The molecule has 5 heteroatoms. The van der Waals surface area contributed by atoms with Gasteiger partial charge in [-0.25, -0.2) is 4.39 Å². The molecule has 0 aliphatic carbocycles. The minimum absolute atomic E-state index is 0.0124. The number of anilines is 2. The van der Waals surface area contributed by atoms with Gasteiger partial charge in [0, 0.05) is 25.7 Å². The van der Waals surface area contributed by atoms with Crippen molar-refractivity contribution >= 4 is 11.4 Å². The number of nitrogen functional groups attached to an aromatic ring is 1. The van der Waals surface area contributed by atoms with Gasteiger partial charge in [-0.1, -0.05) is 6.92 Å². The number of nitrogens with two attached hydrogens (primary N) is 1. The predicted octanol–water partition coefficient (Wildman–Crippen LogP) is 1.63. The highest BCUT2D eigenvalue weighted by Crippen LogP contribution is 2.30. The number of aliphatic hydroxyl groups is 1. The molecule has 0 saturated carbocycles. The summed E-state index contributed by atoms with van der Waals surface area (Å²) in [5.74, 6) is -0.266. The molecule has 1 aromatic rings. The van der Waals surface area contributed by atoms with E-state index in [1.807, 2.05) is 6.92 Å². The first-order valence-corrected chi connectivity index (χ1v) is 5.64. The Morgan fingerprint density at radius 3 is 2.76 bits per heavy atom. The third-order valence-electron chi connectivity index (χ3n) is 2.39. The summed E-state index contributed by atoms with van der Waals surface area (Å²) in [7, 11) is 1.78. The van der Waals surface area contributed by atoms with Gasteiger partial charge in [-0.05, 0) is 6.42 Å². The third-order valence-corrected chi connectivity index (χ3v) is 2.39. The smallest absolute Gasteiger partial charge is 0.167 e. The first kappa shape index (κ1) is 13.6. The summed E-state index contributed by atoms with van der Waals surface area (Å²) in [6.45, 7) is 2.86. The molecule has 0 spiro atoms. The van der Waals surface area contributed by atoms with Crippen molar-refractivity contribution in [3.63, 3.8) is 0 Å². The summed E-state index contributed by atoms with van der Waals surface area (Å²) >= 11 is 0. The van der Waals surface area contributed by atoms with Crippen molar-refractivity contribution in [2.75, 3.05) is 37.4 Å². The Morgan fingerprint density at radius 2 is 2.18 bits per heavy atom. The number of aliphatic hydroxyl groups excluding tert-OH is 1. The van der Waals surface area contributed by atoms with E-state index in [0.29, 0.717) is 24.5 Å². The van der Waals surface area contributed by atoms with Gasteiger partial charge in [0.05, 0.1) is 24.6 Å². The van der Waals surface area contributed by atoms with E-state index in [0.717, 1.165) is 6.42 Å². The molecule has 0 aromatic heterocycles. The van der Waals surface area contributed by atoms with Crippen LogP contribution in [0.5, 0.6) is 5.75 Å². The van der Waals surface area contributed by atoms with E-state index >= 15 is 0 Å². The van der Waals surface area contributed by atoms with Crippen LogP contribution in [-0.4, -0.2) is 31.9 Å². The zero-order chi connectivity index (χ0) is 12.8. The van der Waals surface area contributed by atoms with Crippen molar-refractivity contribution in [3.8, 4) is 5.75 Å². The predicted molar refractivity (Wildman–Crippen MR) is 67.0 cm³/mol. The number of halogens is 1. The summed E-state index contributed by atoms with van der Waals surface area (Å²) in [5.41, 5.74) is 6.73. The molecule has 17 heavy (non-hydrogen) atoms. The van der Waals surface area contributed by atoms with Crippen molar-refractivity contribution in [1.82, 2.24) is 0 Å². The Hall–Kier alpha value is -1.49. The fourth-order valence-electron chi connectivity index (χ4n) is 1.48. The molecule has 0 aliphatic rings. The maximum absolute atomic E-state index is 13.5. The van der Waals surface area contributed by atoms with E-state index in [1.54, 1.807) is 18.0 Å². The standard InChI is InChI=1S/C12H19FN2O2/c1-3-6-17-12-8-11(15(2)4-5-16)10(14)7-9(12)13/h7-8,16H,3-6,14H2,1-2H3. The number of rotatable bonds is 6. The van der Waals surface area contributed by atoms with Crippen LogP contribution >= 0.6 is 0 Å². The molecular weight excluding hydrogens is 223 g/mol. The molecule has 1 rings (SSSR count). The van der Waals surface area contributed by atoms with Crippen molar-refractivity contribution in [2.45, 2.75) is 13.3 Å². The molecule has 0 fully saturated rings. The van der Waals surface area contributed by atoms with Gasteiger partial charge < -0.3 is 20.5 Å². The molecule has 0 radical (unpaired) electrons. The fraction of sp³-hybridized carbons (Fsp3) is 0.500. The number of ether oxygens (including phenoxy) is 1. The number of hydrogen-bond acceptors (Lipinski definition) is 4. The maximum Gasteiger partial charge on any atom is 0.167 e. The Morgan fingerprint density at radius 1 is 1.47 bits per heavy atom. The Bertz CT molecular complexity index is 372. The minimum atomic E-state index is -0.461. The SMILES string of the molecule is CCCOc1cc(N(C)CCO)c(N)cc1F. The van der Waals surface area contributed by atoms with Crippen LogP contribution in [0.1, 0.15) is 13.3 Å². The lowest BCUT2D eigenvalue weighted by Gasteiger charge is -2.21. The summed E-state index contributed by atoms with van der Waals surface area (Å²) in [5, 5.41) is 8.87. The van der Waals surface area contributed by atoms with Crippen LogP contribution in [0.2, 0.25) is 0 Å². The van der Waals surface area contributed by atoms with E-state index in [1.165, 1.54) is 6.07 Å². The first-order chi connectivity index (χ1) is 8.10. The zero-order valence-corrected chi connectivity index (χ0v) is 10.2. The van der Waals surface area contributed by atoms with Crippen molar-refractivity contribution in [1.29, 1.82) is 0 Å². The van der Waals surface area contributed by atoms with Crippen molar-refractivity contribution < 1.29 is 14.2 Å². The number of hydrogen-bond donors (Lipinski definition) is 2. The minimum Gasteiger partial charge on any atom is -0.490 e. The van der Waals surface area contributed by atoms with Crippen molar-refractivity contribution in [2.24, 2.45) is 0 Å². The maximum atomic E-state index is 13.5. The highest BCUT2D eigenvalue weighted by atomic mass is 19.1. The number of likely N-dealkylation sites (N-methyl/N-ethyl adjacent to an activating group) is 1.